The number of nitrogens with zero attached hydrogens (tertiary/aromatic N) is 2. The predicted octanol–water partition coefficient (Wildman–Crippen LogP) is 3.49. The van der Waals surface area contributed by atoms with Crippen LogP contribution in [0.3, 0.4) is 0 Å². The number of fused-ring (bicyclic) bond motifs is 1. The van der Waals surface area contributed by atoms with Crippen LogP contribution in [-0.4, -0.2) is 47.2 Å². The smallest absolute Gasteiger partial charge is 0.261 e. The third-order valence-corrected chi connectivity index (χ3v) is 5.30. The van der Waals surface area contributed by atoms with Crippen molar-refractivity contribution >= 4 is 17.7 Å². The Bertz CT molecular complexity index is 692. The second-order valence-corrected chi connectivity index (χ2v) is 7.11. The van der Waals surface area contributed by atoms with Crippen LogP contribution in [0.15, 0.2) is 18.2 Å². The topological polar surface area (TPSA) is 57.7 Å². The molecule has 1 fully saturated rings. The summed E-state index contributed by atoms with van der Waals surface area (Å²) in [7, 11) is 1.77. The Balaban J connectivity index is 1.82. The van der Waals surface area contributed by atoms with Gasteiger partial charge in [-0.05, 0) is 37.5 Å². The van der Waals surface area contributed by atoms with Crippen molar-refractivity contribution in [1.29, 1.82) is 0 Å². The molecule has 0 spiro atoms. The van der Waals surface area contributed by atoms with Crippen molar-refractivity contribution in [3.8, 4) is 0 Å². The number of amides is 3. The first-order valence-electron chi connectivity index (χ1n) is 9.32. The first kappa shape index (κ1) is 17.6. The predicted molar refractivity (Wildman–Crippen MR) is 95.7 cm³/mol. The summed E-state index contributed by atoms with van der Waals surface area (Å²) in [6, 6.07) is 4.91. The molecule has 0 saturated heterocycles. The molecule has 1 heterocycles. The van der Waals surface area contributed by atoms with Gasteiger partial charge >= 0.3 is 0 Å². The van der Waals surface area contributed by atoms with E-state index in [1.165, 1.54) is 11.3 Å². The molecule has 0 N–H and O–H groups in total. The Labute approximate surface area is 149 Å². The molecule has 0 radical (unpaired) electrons. The van der Waals surface area contributed by atoms with Crippen LogP contribution in [0, 0.1) is 0 Å². The number of rotatable bonds is 5. The van der Waals surface area contributed by atoms with Gasteiger partial charge in [-0.2, -0.15) is 0 Å². The third-order valence-electron chi connectivity index (χ3n) is 5.30. The second-order valence-electron chi connectivity index (χ2n) is 7.11. The lowest BCUT2D eigenvalue weighted by Gasteiger charge is -2.29. The average molecular weight is 342 g/mol. The Kier molecular flexibility index (Phi) is 5.21. The summed E-state index contributed by atoms with van der Waals surface area (Å²) in [6.07, 6.45) is 7.02. The van der Waals surface area contributed by atoms with Gasteiger partial charge < -0.3 is 4.90 Å². The summed E-state index contributed by atoms with van der Waals surface area (Å²) in [5, 5.41) is 0. The zero-order chi connectivity index (χ0) is 18.0. The zero-order valence-electron chi connectivity index (χ0n) is 15.1. The van der Waals surface area contributed by atoms with Gasteiger partial charge in [0.2, 0.25) is 0 Å². The van der Waals surface area contributed by atoms with Gasteiger partial charge in [-0.25, -0.2) is 0 Å². The van der Waals surface area contributed by atoms with Gasteiger partial charge in [0.15, 0.2) is 0 Å². The van der Waals surface area contributed by atoms with Gasteiger partial charge in [-0.15, -0.1) is 0 Å². The number of carbonyl (C=O) groups is 3. The van der Waals surface area contributed by atoms with Crippen molar-refractivity contribution < 1.29 is 14.4 Å². The van der Waals surface area contributed by atoms with Crippen molar-refractivity contribution in [1.82, 2.24) is 9.80 Å². The summed E-state index contributed by atoms with van der Waals surface area (Å²) >= 11 is 0. The average Bonchev–Trinajstić information content (AvgIpc) is 2.90. The highest BCUT2D eigenvalue weighted by molar-refractivity contribution is 6.22. The van der Waals surface area contributed by atoms with Gasteiger partial charge in [0.1, 0.15) is 0 Å². The van der Waals surface area contributed by atoms with Crippen LogP contribution in [0.25, 0.3) is 0 Å². The number of hydrogen-bond acceptors (Lipinski definition) is 3. The SMILES string of the molecule is CCCCN(C)C(=O)c1ccc2c(c1)C(=O)N(C1CCCCC1)C2=O. The van der Waals surface area contributed by atoms with Gasteiger partial charge in [0.25, 0.3) is 17.7 Å². The van der Waals surface area contributed by atoms with Gasteiger partial charge in [-0.1, -0.05) is 32.6 Å². The first-order valence-corrected chi connectivity index (χ1v) is 9.32. The van der Waals surface area contributed by atoms with E-state index < -0.39 is 0 Å². The molecule has 134 valence electrons. The highest BCUT2D eigenvalue weighted by Crippen LogP contribution is 2.31. The molecule has 0 atom stereocenters. The van der Waals surface area contributed by atoms with Crippen molar-refractivity contribution in [2.75, 3.05) is 13.6 Å². The first-order chi connectivity index (χ1) is 12.0. The Morgan fingerprint density at radius 1 is 1.12 bits per heavy atom. The van der Waals surface area contributed by atoms with Crippen molar-refractivity contribution in [2.24, 2.45) is 0 Å². The van der Waals surface area contributed by atoms with E-state index in [0.717, 1.165) is 38.5 Å². The lowest BCUT2D eigenvalue weighted by molar-refractivity contribution is 0.0548. The fourth-order valence-corrected chi connectivity index (χ4v) is 3.78. The Hall–Kier alpha value is -2.17. The van der Waals surface area contributed by atoms with Crippen LogP contribution in [-0.2, 0) is 0 Å². The van der Waals surface area contributed by atoms with Crippen LogP contribution in [0.2, 0.25) is 0 Å². The lowest BCUT2D eigenvalue weighted by Crippen LogP contribution is -2.40. The number of unbranched alkanes of at least 4 members (excludes halogenated alkanes) is 1. The molecular formula is C20H26N2O3. The van der Waals surface area contributed by atoms with Crippen LogP contribution < -0.4 is 0 Å². The Morgan fingerprint density at radius 2 is 1.80 bits per heavy atom. The molecule has 1 aliphatic carbocycles. The maximum absolute atomic E-state index is 12.8. The molecule has 2 aliphatic rings. The molecule has 3 rings (SSSR count). The number of carbonyl (C=O) groups excluding carboxylic acids is 3. The van der Waals surface area contributed by atoms with E-state index in [0.29, 0.717) is 23.2 Å². The van der Waals surface area contributed by atoms with E-state index in [-0.39, 0.29) is 23.8 Å². The number of benzene rings is 1. The van der Waals surface area contributed by atoms with E-state index in [1.807, 2.05) is 0 Å². The highest BCUT2D eigenvalue weighted by atomic mass is 16.2. The summed E-state index contributed by atoms with van der Waals surface area (Å²) in [6.45, 7) is 2.77. The monoisotopic (exact) mass is 342 g/mol. The largest absolute Gasteiger partial charge is 0.342 e. The third kappa shape index (κ3) is 3.32. The number of imide groups is 1. The van der Waals surface area contributed by atoms with Crippen LogP contribution in [0.1, 0.15) is 82.9 Å². The summed E-state index contributed by atoms with van der Waals surface area (Å²) in [5.74, 6) is -0.546. The molecule has 25 heavy (non-hydrogen) atoms. The number of hydrogen-bond donors (Lipinski definition) is 0. The Morgan fingerprint density at radius 3 is 2.48 bits per heavy atom. The van der Waals surface area contributed by atoms with Gasteiger partial charge in [-0.3, -0.25) is 19.3 Å². The maximum atomic E-state index is 12.8. The zero-order valence-corrected chi connectivity index (χ0v) is 15.1. The van der Waals surface area contributed by atoms with Gasteiger partial charge in [0, 0.05) is 25.2 Å². The molecule has 5 nitrogen and oxygen atoms in total. The summed E-state index contributed by atoms with van der Waals surface area (Å²) in [4.78, 5) is 41.1. The fourth-order valence-electron chi connectivity index (χ4n) is 3.78. The molecule has 0 unspecified atom stereocenters. The minimum absolute atomic E-state index is 0.00697. The summed E-state index contributed by atoms with van der Waals surface area (Å²) in [5.41, 5.74) is 1.29. The quantitative estimate of drug-likeness (QED) is 0.770. The van der Waals surface area contributed by atoms with Gasteiger partial charge in [0.05, 0.1) is 11.1 Å². The van der Waals surface area contributed by atoms with Crippen LogP contribution in [0.4, 0.5) is 0 Å². The van der Waals surface area contributed by atoms with E-state index in [2.05, 4.69) is 6.92 Å². The molecule has 3 amide bonds. The highest BCUT2D eigenvalue weighted by Gasteiger charge is 2.40. The van der Waals surface area contributed by atoms with Crippen molar-refractivity contribution in [3.05, 3.63) is 34.9 Å². The standard InChI is InChI=1S/C20H26N2O3/c1-3-4-12-21(2)18(23)14-10-11-16-17(13-14)20(25)22(19(16)24)15-8-6-5-7-9-15/h10-11,13,15H,3-9,12H2,1-2H3. The fraction of sp³-hybridized carbons (Fsp3) is 0.550. The van der Waals surface area contributed by atoms with E-state index in [4.69, 9.17) is 0 Å². The molecule has 1 aliphatic heterocycles. The second kappa shape index (κ2) is 7.38. The normalized spacial score (nSPS) is 17.8. The van der Waals surface area contributed by atoms with E-state index in [1.54, 1.807) is 30.1 Å². The van der Waals surface area contributed by atoms with Crippen molar-refractivity contribution in [2.45, 2.75) is 57.9 Å². The molecular weight excluding hydrogens is 316 g/mol. The van der Waals surface area contributed by atoms with E-state index in [9.17, 15) is 14.4 Å². The molecule has 0 aromatic heterocycles. The van der Waals surface area contributed by atoms with Crippen LogP contribution >= 0.6 is 0 Å². The minimum Gasteiger partial charge on any atom is -0.342 e. The molecule has 0 bridgehead atoms. The lowest BCUT2D eigenvalue weighted by atomic mass is 9.94. The van der Waals surface area contributed by atoms with E-state index >= 15 is 0 Å². The molecule has 1 saturated carbocycles. The van der Waals surface area contributed by atoms with Crippen LogP contribution in [0.5, 0.6) is 0 Å². The molecule has 5 heteroatoms. The summed E-state index contributed by atoms with van der Waals surface area (Å²) < 4.78 is 0. The molecule has 1 aromatic rings. The van der Waals surface area contributed by atoms with Crippen molar-refractivity contribution in [3.63, 3.8) is 0 Å². The maximum Gasteiger partial charge on any atom is 0.261 e. The molecule has 1 aromatic carbocycles. The minimum atomic E-state index is -0.238.